The Morgan fingerprint density at radius 2 is 1.79 bits per heavy atom. The molecule has 0 aromatic heterocycles. The van der Waals surface area contributed by atoms with Crippen LogP contribution in [0.5, 0.6) is 5.75 Å². The molecule has 0 radical (unpaired) electrons. The average Bonchev–Trinajstić information content (AvgIpc) is 2.79. The lowest BCUT2D eigenvalue weighted by Crippen LogP contribution is -2.69. The minimum Gasteiger partial charge on any atom is -0.498 e. The van der Waals surface area contributed by atoms with Crippen molar-refractivity contribution >= 4 is 17.9 Å². The van der Waals surface area contributed by atoms with Gasteiger partial charge in [0.2, 0.25) is 0 Å². The minimum atomic E-state index is -1.12. The second-order valence-corrected chi connectivity index (χ2v) is 9.73. The molecule has 2 aromatic rings. The molecule has 1 aliphatic rings. The number of carboxylic acid groups (broad SMARTS) is 1. The SMILES string of the molecule is COc1ccc(NCC[C@@H]2C[N+](Cc3ccccc3)(C(=O)[O-])CCN2C(=O)OC(C)(C)C)cc1. The Bertz CT molecular complexity index is 959. The van der Waals surface area contributed by atoms with Crippen LogP contribution in [0.4, 0.5) is 15.3 Å². The van der Waals surface area contributed by atoms with Gasteiger partial charge in [-0.2, -0.15) is 0 Å². The highest BCUT2D eigenvalue weighted by Gasteiger charge is 2.43. The van der Waals surface area contributed by atoms with Crippen molar-refractivity contribution in [1.29, 1.82) is 0 Å². The van der Waals surface area contributed by atoms with E-state index in [0.29, 0.717) is 19.5 Å². The zero-order valence-corrected chi connectivity index (χ0v) is 20.5. The molecule has 1 unspecified atom stereocenters. The van der Waals surface area contributed by atoms with Crippen LogP contribution in [0.1, 0.15) is 32.8 Å². The number of amides is 2. The van der Waals surface area contributed by atoms with Crippen LogP contribution in [0.25, 0.3) is 0 Å². The molecule has 0 spiro atoms. The van der Waals surface area contributed by atoms with E-state index in [1.165, 1.54) is 0 Å². The fourth-order valence-electron chi connectivity index (χ4n) is 4.28. The number of rotatable bonds is 7. The third kappa shape index (κ3) is 6.63. The maximum absolute atomic E-state index is 13.0. The Morgan fingerprint density at radius 1 is 1.12 bits per heavy atom. The van der Waals surface area contributed by atoms with Crippen molar-refractivity contribution in [3.05, 3.63) is 60.2 Å². The molecule has 34 heavy (non-hydrogen) atoms. The summed E-state index contributed by atoms with van der Waals surface area (Å²) in [5.41, 5.74) is 1.21. The largest absolute Gasteiger partial charge is 0.498 e. The van der Waals surface area contributed by atoms with Gasteiger partial charge >= 0.3 is 6.09 Å². The highest BCUT2D eigenvalue weighted by atomic mass is 16.6. The molecule has 1 N–H and O–H groups in total. The normalized spacial score (nSPS) is 20.5. The van der Waals surface area contributed by atoms with E-state index in [1.54, 1.807) is 12.0 Å². The van der Waals surface area contributed by atoms with Gasteiger partial charge in [0.15, 0.2) is 0 Å². The maximum atomic E-state index is 13.0. The van der Waals surface area contributed by atoms with Crippen LogP contribution in [0.2, 0.25) is 0 Å². The number of ether oxygens (including phenoxy) is 2. The second-order valence-electron chi connectivity index (χ2n) is 9.73. The first kappa shape index (κ1) is 25.4. The molecule has 2 atom stereocenters. The highest BCUT2D eigenvalue weighted by Crippen LogP contribution is 2.26. The molecule has 1 fully saturated rings. The van der Waals surface area contributed by atoms with E-state index in [9.17, 15) is 14.7 Å². The molecule has 0 bridgehead atoms. The number of quaternary nitrogens is 1. The van der Waals surface area contributed by atoms with Crippen molar-refractivity contribution < 1.29 is 28.7 Å². The van der Waals surface area contributed by atoms with Gasteiger partial charge in [0, 0.05) is 17.8 Å². The van der Waals surface area contributed by atoms with Crippen LogP contribution >= 0.6 is 0 Å². The number of piperazine rings is 1. The summed E-state index contributed by atoms with van der Waals surface area (Å²) in [5.74, 6) is 0.769. The predicted molar refractivity (Wildman–Crippen MR) is 128 cm³/mol. The number of benzene rings is 2. The summed E-state index contributed by atoms with van der Waals surface area (Å²) < 4.78 is 10.6. The van der Waals surface area contributed by atoms with E-state index in [1.807, 2.05) is 75.4 Å². The molecule has 0 aliphatic carbocycles. The summed E-state index contributed by atoms with van der Waals surface area (Å²) in [6, 6.07) is 16.8. The molecule has 8 nitrogen and oxygen atoms in total. The number of nitrogens with zero attached hydrogens (tertiary/aromatic N) is 2. The molecule has 1 aliphatic heterocycles. The third-order valence-electron chi connectivity index (χ3n) is 6.01. The zero-order chi connectivity index (χ0) is 24.8. The van der Waals surface area contributed by atoms with Gasteiger partial charge in [0.25, 0.3) is 6.09 Å². The summed E-state index contributed by atoms with van der Waals surface area (Å²) in [4.78, 5) is 27.0. The van der Waals surface area contributed by atoms with Crippen molar-refractivity contribution in [1.82, 2.24) is 4.90 Å². The first-order chi connectivity index (χ1) is 16.1. The molecule has 1 saturated heterocycles. The average molecular weight is 470 g/mol. The number of hydrogen-bond donors (Lipinski definition) is 1. The van der Waals surface area contributed by atoms with Crippen molar-refractivity contribution in [3.63, 3.8) is 0 Å². The summed E-state index contributed by atoms with van der Waals surface area (Å²) >= 11 is 0. The first-order valence-corrected chi connectivity index (χ1v) is 11.6. The highest BCUT2D eigenvalue weighted by molar-refractivity contribution is 5.69. The molecule has 8 heteroatoms. The zero-order valence-electron chi connectivity index (χ0n) is 20.5. The number of hydrogen-bond acceptors (Lipinski definition) is 6. The third-order valence-corrected chi connectivity index (χ3v) is 6.01. The fraction of sp³-hybridized carbons (Fsp3) is 0.462. The van der Waals surface area contributed by atoms with E-state index >= 15 is 0 Å². The van der Waals surface area contributed by atoms with Gasteiger partial charge in [-0.3, -0.25) is 9.38 Å². The van der Waals surface area contributed by atoms with Crippen LogP contribution in [-0.2, 0) is 11.3 Å². The van der Waals surface area contributed by atoms with Crippen molar-refractivity contribution in [2.45, 2.75) is 45.4 Å². The van der Waals surface area contributed by atoms with Crippen molar-refractivity contribution in [2.24, 2.45) is 0 Å². The summed E-state index contributed by atoms with van der Waals surface area (Å²) in [6.45, 7) is 7.15. The quantitative estimate of drug-likeness (QED) is 0.625. The molecule has 0 saturated carbocycles. The smallest absolute Gasteiger partial charge is 0.410 e. The summed E-state index contributed by atoms with van der Waals surface area (Å²) in [7, 11) is 1.62. The molecule has 184 valence electrons. The Labute approximate surface area is 201 Å². The number of nitrogens with one attached hydrogen (secondary N) is 1. The van der Waals surface area contributed by atoms with Crippen LogP contribution in [0.3, 0.4) is 0 Å². The Morgan fingerprint density at radius 3 is 2.38 bits per heavy atom. The van der Waals surface area contributed by atoms with Crippen LogP contribution in [0.15, 0.2) is 54.6 Å². The van der Waals surface area contributed by atoms with Crippen LogP contribution < -0.4 is 15.2 Å². The number of methoxy groups -OCH3 is 1. The predicted octanol–water partition coefficient (Wildman–Crippen LogP) is 3.48. The minimum absolute atomic E-state index is 0.226. The van der Waals surface area contributed by atoms with Gasteiger partial charge in [-0.1, -0.05) is 30.3 Å². The molecule has 2 aromatic carbocycles. The monoisotopic (exact) mass is 469 g/mol. The maximum Gasteiger partial charge on any atom is 0.410 e. The lowest BCUT2D eigenvalue weighted by molar-refractivity contribution is -0.895. The Hall–Kier alpha value is -3.26. The summed E-state index contributed by atoms with van der Waals surface area (Å²) in [5, 5.41) is 15.7. The lowest BCUT2D eigenvalue weighted by Gasteiger charge is -2.48. The van der Waals surface area contributed by atoms with E-state index in [-0.39, 0.29) is 30.2 Å². The second kappa shape index (κ2) is 10.8. The standard InChI is InChI=1S/C26H35N3O5/c1-26(2,3)34-24(30)28-16-17-29(25(31)32,18-20-8-6-5-7-9-20)19-22(28)14-15-27-21-10-12-23(33-4)13-11-21/h5-13,22,27H,14-19H2,1-4H3/t22-,29?/m1/s1. The molecule has 3 rings (SSSR count). The van der Waals surface area contributed by atoms with Crippen LogP contribution in [-0.4, -0.2) is 66.5 Å². The van der Waals surface area contributed by atoms with E-state index in [2.05, 4.69) is 5.32 Å². The molecular weight excluding hydrogens is 434 g/mol. The summed E-state index contributed by atoms with van der Waals surface area (Å²) in [6.07, 6.45) is -0.980. The first-order valence-electron chi connectivity index (χ1n) is 11.6. The molecule has 2 amide bonds. The van der Waals surface area contributed by atoms with Crippen molar-refractivity contribution in [3.8, 4) is 5.75 Å². The number of carbonyl (C=O) groups excluding carboxylic acids is 2. The van der Waals surface area contributed by atoms with Gasteiger partial charge in [0.1, 0.15) is 31.0 Å². The molecular formula is C26H35N3O5. The van der Waals surface area contributed by atoms with Gasteiger partial charge in [-0.15, -0.1) is 0 Å². The number of carbonyl (C=O) groups is 2. The van der Waals surface area contributed by atoms with Crippen molar-refractivity contribution in [2.75, 3.05) is 38.6 Å². The van der Waals surface area contributed by atoms with Gasteiger partial charge in [-0.25, -0.2) is 4.79 Å². The van der Waals surface area contributed by atoms with E-state index in [0.717, 1.165) is 17.0 Å². The van der Waals surface area contributed by atoms with Crippen LogP contribution in [0, 0.1) is 0 Å². The van der Waals surface area contributed by atoms with Gasteiger partial charge in [-0.05, 0) is 51.5 Å². The van der Waals surface area contributed by atoms with Gasteiger partial charge < -0.3 is 24.7 Å². The topological polar surface area (TPSA) is 90.9 Å². The number of anilines is 1. The lowest BCUT2D eigenvalue weighted by atomic mass is 10.0. The fourth-order valence-corrected chi connectivity index (χ4v) is 4.28. The van der Waals surface area contributed by atoms with Gasteiger partial charge in [0.05, 0.1) is 19.7 Å². The van der Waals surface area contributed by atoms with E-state index < -0.39 is 17.8 Å². The Balaban J connectivity index is 1.76. The Kier molecular flexibility index (Phi) is 8.04. The van der Waals surface area contributed by atoms with E-state index in [4.69, 9.17) is 9.47 Å². The molecule has 1 heterocycles.